The zero-order valence-corrected chi connectivity index (χ0v) is 17.7. The molecule has 0 radical (unpaired) electrons. The first kappa shape index (κ1) is 19.8. The lowest BCUT2D eigenvalue weighted by atomic mass is 9.99. The number of aromatic hydroxyl groups is 3. The minimum absolute atomic E-state index is 0.140. The third kappa shape index (κ3) is 3.37. The van der Waals surface area contributed by atoms with Gasteiger partial charge in [-0.1, -0.05) is 24.3 Å². The van der Waals surface area contributed by atoms with E-state index in [0.29, 0.717) is 17.7 Å². The Bertz CT molecular complexity index is 1380. The molecule has 0 aliphatic rings. The summed E-state index contributed by atoms with van der Waals surface area (Å²) in [7, 11) is 0. The predicted molar refractivity (Wildman–Crippen MR) is 124 cm³/mol. The predicted octanol–water partition coefficient (Wildman–Crippen LogP) is 5.02. The second kappa shape index (κ2) is 7.85. The Morgan fingerprint density at radius 1 is 1.00 bits per heavy atom. The van der Waals surface area contributed by atoms with Crippen molar-refractivity contribution in [2.75, 3.05) is 0 Å². The van der Waals surface area contributed by atoms with Crippen molar-refractivity contribution in [3.8, 4) is 39.8 Å². The van der Waals surface area contributed by atoms with Crippen molar-refractivity contribution in [1.29, 1.82) is 0 Å². The molecule has 0 fully saturated rings. The number of fused-ring (bicyclic) bond motifs is 1. The number of phenols is 1. The van der Waals surface area contributed by atoms with Crippen LogP contribution in [-0.2, 0) is 13.1 Å². The Hall–Kier alpha value is -4.13. The van der Waals surface area contributed by atoms with E-state index in [9.17, 15) is 15.3 Å². The third-order valence-corrected chi connectivity index (χ3v) is 5.82. The number of hydrogen-bond acceptors (Lipinski definition) is 4. The number of hydrogen-bond donors (Lipinski definition) is 4. The molecule has 2 aromatic carbocycles. The molecule has 7 heteroatoms. The van der Waals surface area contributed by atoms with E-state index in [1.54, 1.807) is 41.4 Å². The second-order valence-electron chi connectivity index (χ2n) is 8.00. The van der Waals surface area contributed by atoms with Crippen molar-refractivity contribution in [1.82, 2.24) is 19.1 Å². The van der Waals surface area contributed by atoms with Crippen LogP contribution in [0.25, 0.3) is 33.3 Å². The van der Waals surface area contributed by atoms with Crippen LogP contribution < -0.4 is 0 Å². The van der Waals surface area contributed by atoms with Crippen LogP contribution in [0.1, 0.15) is 12.0 Å². The zero-order chi connectivity index (χ0) is 22.2. The van der Waals surface area contributed by atoms with Gasteiger partial charge < -0.3 is 29.4 Å². The van der Waals surface area contributed by atoms with Crippen LogP contribution in [0.5, 0.6) is 17.4 Å². The Morgan fingerprint density at radius 2 is 1.81 bits per heavy atom. The maximum atomic E-state index is 11.0. The van der Waals surface area contributed by atoms with Gasteiger partial charge in [-0.15, -0.1) is 0 Å². The van der Waals surface area contributed by atoms with Gasteiger partial charge in [0.05, 0.1) is 17.6 Å². The van der Waals surface area contributed by atoms with Gasteiger partial charge in [0.2, 0.25) is 5.88 Å². The third-order valence-electron chi connectivity index (χ3n) is 5.82. The van der Waals surface area contributed by atoms with Crippen LogP contribution >= 0.6 is 0 Å². The number of benzene rings is 2. The number of phenolic OH excluding ortho intramolecular Hbond substituents is 1. The number of imidazole rings is 1. The summed E-state index contributed by atoms with van der Waals surface area (Å²) in [6, 6.07) is 12.8. The summed E-state index contributed by atoms with van der Waals surface area (Å²) < 4.78 is 3.74. The monoisotopic (exact) mass is 428 g/mol. The molecular formula is C25H24N4O3. The molecule has 0 aliphatic carbocycles. The first-order valence-corrected chi connectivity index (χ1v) is 10.5. The van der Waals surface area contributed by atoms with Crippen molar-refractivity contribution in [3.63, 3.8) is 0 Å². The van der Waals surface area contributed by atoms with Crippen LogP contribution in [0.4, 0.5) is 0 Å². The number of H-pyrrole nitrogens is 1. The highest BCUT2D eigenvalue weighted by molar-refractivity contribution is 6.01. The van der Waals surface area contributed by atoms with Gasteiger partial charge in [-0.3, -0.25) is 0 Å². The summed E-state index contributed by atoms with van der Waals surface area (Å²) >= 11 is 0. The molecule has 3 aromatic heterocycles. The smallest absolute Gasteiger partial charge is 0.235 e. The van der Waals surface area contributed by atoms with E-state index < -0.39 is 0 Å². The molecule has 32 heavy (non-hydrogen) atoms. The van der Waals surface area contributed by atoms with E-state index in [-0.39, 0.29) is 17.4 Å². The molecule has 0 aliphatic heterocycles. The molecule has 0 amide bonds. The molecular weight excluding hydrogens is 404 g/mol. The minimum atomic E-state index is -0.171. The number of aromatic nitrogens is 4. The summed E-state index contributed by atoms with van der Waals surface area (Å²) in [5.74, 6) is -0.203. The number of nitrogens with zero attached hydrogens (tertiary/aromatic N) is 3. The lowest BCUT2D eigenvalue weighted by Crippen LogP contribution is -2.04. The minimum Gasteiger partial charge on any atom is -0.508 e. The molecule has 0 saturated carbocycles. The molecule has 4 N–H and O–H groups in total. The van der Waals surface area contributed by atoms with E-state index in [4.69, 9.17) is 0 Å². The SMILES string of the molecule is Cc1ccc2c(-c3c(-c4ccc(O)cc4)c(O)c(O)n3CCCn3ccnc3)c[nH]c2c1. The van der Waals surface area contributed by atoms with Gasteiger partial charge >= 0.3 is 0 Å². The molecule has 3 heterocycles. The highest BCUT2D eigenvalue weighted by Gasteiger charge is 2.26. The normalized spacial score (nSPS) is 11.4. The molecule has 5 rings (SSSR count). The standard InChI is InChI=1S/C25H24N4O3/c1-16-3-8-19-20(14-27-21(19)13-16)23-22(17-4-6-18(30)7-5-17)24(31)25(32)29(23)11-2-10-28-12-9-26-15-28/h3-9,12-15,27,30-32H,2,10-11H2,1H3. The first-order chi connectivity index (χ1) is 15.5. The number of nitrogens with one attached hydrogen (secondary N) is 1. The molecule has 162 valence electrons. The van der Waals surface area contributed by atoms with E-state index in [2.05, 4.69) is 16.0 Å². The topological polar surface area (TPSA) is 99.2 Å². The largest absolute Gasteiger partial charge is 0.508 e. The van der Waals surface area contributed by atoms with Gasteiger partial charge in [-0.25, -0.2) is 4.98 Å². The number of aromatic amines is 1. The van der Waals surface area contributed by atoms with Crippen molar-refractivity contribution >= 4 is 10.9 Å². The lowest BCUT2D eigenvalue weighted by Gasteiger charge is -2.12. The van der Waals surface area contributed by atoms with E-state index in [0.717, 1.165) is 40.7 Å². The fraction of sp³-hybridized carbons (Fsp3) is 0.160. The maximum Gasteiger partial charge on any atom is 0.235 e. The molecule has 0 spiro atoms. The maximum absolute atomic E-state index is 11.0. The lowest BCUT2D eigenvalue weighted by molar-refractivity contribution is 0.369. The summed E-state index contributed by atoms with van der Waals surface area (Å²) in [5.41, 5.74) is 4.99. The molecule has 0 saturated heterocycles. The highest BCUT2D eigenvalue weighted by atomic mass is 16.3. The fourth-order valence-electron chi connectivity index (χ4n) is 4.26. The Balaban J connectivity index is 1.67. The van der Waals surface area contributed by atoms with Crippen molar-refractivity contribution < 1.29 is 15.3 Å². The quantitative estimate of drug-likeness (QED) is 0.305. The van der Waals surface area contributed by atoms with Crippen molar-refractivity contribution in [2.45, 2.75) is 26.4 Å². The van der Waals surface area contributed by atoms with Crippen LogP contribution in [0.2, 0.25) is 0 Å². The fourth-order valence-corrected chi connectivity index (χ4v) is 4.26. The second-order valence-corrected chi connectivity index (χ2v) is 8.00. The van der Waals surface area contributed by atoms with Crippen LogP contribution in [0.3, 0.4) is 0 Å². The average Bonchev–Trinajstić information content (AvgIpc) is 3.50. The molecule has 0 unspecified atom stereocenters. The van der Waals surface area contributed by atoms with Crippen molar-refractivity contribution in [3.05, 3.63) is 72.9 Å². The van der Waals surface area contributed by atoms with Gasteiger partial charge in [-0.05, 0) is 42.7 Å². The molecule has 5 aromatic rings. The molecule has 0 atom stereocenters. The van der Waals surface area contributed by atoms with Crippen LogP contribution in [-0.4, -0.2) is 34.4 Å². The Kier molecular flexibility index (Phi) is 4.86. The summed E-state index contributed by atoms with van der Waals surface area (Å²) in [4.78, 5) is 7.39. The zero-order valence-electron chi connectivity index (χ0n) is 17.7. The number of aryl methyl sites for hydroxylation is 2. The van der Waals surface area contributed by atoms with Crippen LogP contribution in [0, 0.1) is 6.92 Å². The van der Waals surface area contributed by atoms with Crippen molar-refractivity contribution in [2.24, 2.45) is 0 Å². The van der Waals surface area contributed by atoms with Gasteiger partial charge in [0.15, 0.2) is 5.75 Å². The first-order valence-electron chi connectivity index (χ1n) is 10.5. The number of rotatable bonds is 6. The van der Waals surface area contributed by atoms with Crippen LogP contribution in [0.15, 0.2) is 67.4 Å². The van der Waals surface area contributed by atoms with Gasteiger partial charge in [-0.2, -0.15) is 0 Å². The summed E-state index contributed by atoms with van der Waals surface area (Å²) in [5, 5.41) is 32.6. The highest BCUT2D eigenvalue weighted by Crippen LogP contribution is 2.48. The molecule has 7 nitrogen and oxygen atoms in total. The Labute approximate surface area is 184 Å². The Morgan fingerprint density at radius 3 is 2.56 bits per heavy atom. The average molecular weight is 428 g/mol. The van der Waals surface area contributed by atoms with E-state index >= 15 is 0 Å². The van der Waals surface area contributed by atoms with Gasteiger partial charge in [0.1, 0.15) is 5.75 Å². The van der Waals surface area contributed by atoms with E-state index in [1.165, 1.54) is 0 Å². The summed E-state index contributed by atoms with van der Waals surface area (Å²) in [6.45, 7) is 3.28. The van der Waals surface area contributed by atoms with Gasteiger partial charge in [0, 0.05) is 48.1 Å². The van der Waals surface area contributed by atoms with E-state index in [1.807, 2.05) is 36.0 Å². The molecule has 0 bridgehead atoms. The summed E-state index contributed by atoms with van der Waals surface area (Å²) in [6.07, 6.45) is 8.05. The van der Waals surface area contributed by atoms with Gasteiger partial charge in [0.25, 0.3) is 0 Å².